The van der Waals surface area contributed by atoms with Crippen molar-refractivity contribution in [3.8, 4) is 5.75 Å². The molecule has 94 valence electrons. The maximum atomic E-state index is 13.5. The summed E-state index contributed by atoms with van der Waals surface area (Å²) in [5, 5.41) is 1.96. The fourth-order valence-corrected chi connectivity index (χ4v) is 2.82. The van der Waals surface area contributed by atoms with Crippen molar-refractivity contribution in [1.29, 1.82) is 0 Å². The van der Waals surface area contributed by atoms with E-state index in [2.05, 4.69) is 15.9 Å². The van der Waals surface area contributed by atoms with Gasteiger partial charge < -0.3 is 4.74 Å². The third-order valence-corrected chi connectivity index (χ3v) is 3.99. The van der Waals surface area contributed by atoms with E-state index in [4.69, 9.17) is 4.74 Å². The molecule has 2 rings (SSSR count). The van der Waals surface area contributed by atoms with Crippen LogP contribution in [0.3, 0.4) is 0 Å². The first kappa shape index (κ1) is 13.2. The van der Waals surface area contributed by atoms with Gasteiger partial charge in [0.15, 0.2) is 5.78 Å². The van der Waals surface area contributed by atoms with E-state index in [0.29, 0.717) is 12.4 Å². The number of thiophene rings is 1. The van der Waals surface area contributed by atoms with Gasteiger partial charge in [0.25, 0.3) is 0 Å². The van der Waals surface area contributed by atoms with Crippen molar-refractivity contribution in [2.24, 2.45) is 0 Å². The van der Waals surface area contributed by atoms with Crippen LogP contribution < -0.4 is 4.74 Å². The summed E-state index contributed by atoms with van der Waals surface area (Å²) in [6.45, 7) is 1.72. The summed E-state index contributed by atoms with van der Waals surface area (Å²) in [7, 11) is 0. The maximum absolute atomic E-state index is 13.5. The molecule has 18 heavy (non-hydrogen) atoms. The molecular formula is C13H10BrFO2S. The molecular weight excluding hydrogens is 319 g/mol. The summed E-state index contributed by atoms with van der Waals surface area (Å²) in [4.78, 5) is 12.1. The largest absolute Gasteiger partial charge is 0.488 e. The third kappa shape index (κ3) is 3.17. The van der Waals surface area contributed by atoms with Crippen molar-refractivity contribution in [3.63, 3.8) is 0 Å². The average molecular weight is 329 g/mol. The monoisotopic (exact) mass is 328 g/mol. The quantitative estimate of drug-likeness (QED) is 0.776. The van der Waals surface area contributed by atoms with E-state index in [-0.39, 0.29) is 11.3 Å². The zero-order valence-electron chi connectivity index (χ0n) is 9.57. The SMILES string of the molecule is CC(=O)c1ccc(OCc2cc(Br)cs2)cc1F. The third-order valence-electron chi connectivity index (χ3n) is 2.32. The van der Waals surface area contributed by atoms with Crippen molar-refractivity contribution in [1.82, 2.24) is 0 Å². The highest BCUT2D eigenvalue weighted by molar-refractivity contribution is 9.10. The summed E-state index contributed by atoms with van der Waals surface area (Å²) < 4.78 is 20.0. The number of hydrogen-bond donors (Lipinski definition) is 0. The van der Waals surface area contributed by atoms with Crippen LogP contribution in [-0.2, 0) is 6.61 Å². The molecule has 0 amide bonds. The lowest BCUT2D eigenvalue weighted by Gasteiger charge is -2.06. The second kappa shape index (κ2) is 5.63. The molecule has 1 aromatic heterocycles. The van der Waals surface area contributed by atoms with Crippen LogP contribution >= 0.6 is 27.3 Å². The first-order valence-electron chi connectivity index (χ1n) is 5.22. The maximum Gasteiger partial charge on any atom is 0.162 e. The zero-order chi connectivity index (χ0) is 13.1. The van der Waals surface area contributed by atoms with Crippen LogP contribution in [0.25, 0.3) is 0 Å². The minimum absolute atomic E-state index is 0.0845. The van der Waals surface area contributed by atoms with E-state index in [1.807, 2.05) is 11.4 Å². The Kier molecular flexibility index (Phi) is 4.14. The summed E-state index contributed by atoms with van der Waals surface area (Å²) in [6, 6.07) is 6.23. The van der Waals surface area contributed by atoms with Gasteiger partial charge in [-0.2, -0.15) is 0 Å². The summed E-state index contributed by atoms with van der Waals surface area (Å²) >= 11 is 4.91. The standard InChI is InChI=1S/C13H10BrFO2S/c1-8(16)12-3-2-10(5-13(12)15)17-6-11-4-9(14)7-18-11/h2-5,7H,6H2,1H3. The van der Waals surface area contributed by atoms with Crippen LogP contribution in [-0.4, -0.2) is 5.78 Å². The van der Waals surface area contributed by atoms with Crippen molar-refractivity contribution in [3.05, 3.63) is 50.4 Å². The molecule has 0 aliphatic carbocycles. The number of ether oxygens (including phenoxy) is 1. The minimum atomic E-state index is -0.549. The highest BCUT2D eigenvalue weighted by Gasteiger charge is 2.08. The molecule has 0 saturated carbocycles. The van der Waals surface area contributed by atoms with Gasteiger partial charge >= 0.3 is 0 Å². The molecule has 0 atom stereocenters. The van der Waals surface area contributed by atoms with E-state index in [1.54, 1.807) is 17.4 Å². The second-order valence-corrected chi connectivity index (χ2v) is 5.63. The first-order chi connectivity index (χ1) is 8.56. The second-order valence-electron chi connectivity index (χ2n) is 3.72. The molecule has 2 aromatic rings. The van der Waals surface area contributed by atoms with Gasteiger partial charge in [0, 0.05) is 20.8 Å². The summed E-state index contributed by atoms with van der Waals surface area (Å²) in [5.41, 5.74) is 0.0845. The Hall–Kier alpha value is -1.20. The molecule has 1 heterocycles. The number of rotatable bonds is 4. The van der Waals surface area contributed by atoms with Crippen LogP contribution in [0, 0.1) is 5.82 Å². The molecule has 0 N–H and O–H groups in total. The van der Waals surface area contributed by atoms with Gasteiger partial charge in [0.05, 0.1) is 5.56 Å². The van der Waals surface area contributed by atoms with Gasteiger partial charge in [0.2, 0.25) is 0 Å². The number of ketones is 1. The van der Waals surface area contributed by atoms with Crippen LogP contribution in [0.15, 0.2) is 34.1 Å². The van der Waals surface area contributed by atoms with Crippen molar-refractivity contribution >= 4 is 33.0 Å². The number of carbonyl (C=O) groups excluding carboxylic acids is 1. The van der Waals surface area contributed by atoms with Crippen molar-refractivity contribution < 1.29 is 13.9 Å². The normalized spacial score (nSPS) is 10.4. The molecule has 5 heteroatoms. The predicted molar refractivity (Wildman–Crippen MR) is 72.8 cm³/mol. The van der Waals surface area contributed by atoms with Gasteiger partial charge in [0.1, 0.15) is 18.2 Å². The molecule has 0 spiro atoms. The first-order valence-corrected chi connectivity index (χ1v) is 6.89. The van der Waals surface area contributed by atoms with Crippen LogP contribution in [0.4, 0.5) is 4.39 Å². The van der Waals surface area contributed by atoms with E-state index in [9.17, 15) is 9.18 Å². The number of carbonyl (C=O) groups is 1. The number of Topliss-reactive ketones (excluding diaryl/α,β-unsaturated/α-hetero) is 1. The van der Waals surface area contributed by atoms with Crippen molar-refractivity contribution in [2.45, 2.75) is 13.5 Å². The Morgan fingerprint density at radius 2 is 2.22 bits per heavy atom. The van der Waals surface area contributed by atoms with Gasteiger partial charge in [-0.1, -0.05) is 0 Å². The fraction of sp³-hybridized carbons (Fsp3) is 0.154. The predicted octanol–water partition coefficient (Wildman–Crippen LogP) is 4.43. The Morgan fingerprint density at radius 3 is 2.78 bits per heavy atom. The fourth-order valence-electron chi connectivity index (χ4n) is 1.46. The topological polar surface area (TPSA) is 26.3 Å². The van der Waals surface area contributed by atoms with Crippen molar-refractivity contribution in [2.75, 3.05) is 0 Å². The van der Waals surface area contributed by atoms with E-state index < -0.39 is 5.82 Å². The number of benzene rings is 1. The molecule has 0 saturated heterocycles. The molecule has 2 nitrogen and oxygen atoms in total. The van der Waals surface area contributed by atoms with Gasteiger partial charge in [-0.25, -0.2) is 4.39 Å². The lowest BCUT2D eigenvalue weighted by atomic mass is 10.1. The smallest absolute Gasteiger partial charge is 0.162 e. The molecule has 0 radical (unpaired) electrons. The lowest BCUT2D eigenvalue weighted by Crippen LogP contribution is -1.99. The highest BCUT2D eigenvalue weighted by Crippen LogP contribution is 2.23. The van der Waals surface area contributed by atoms with Crippen LogP contribution in [0.2, 0.25) is 0 Å². The van der Waals surface area contributed by atoms with E-state index >= 15 is 0 Å². The van der Waals surface area contributed by atoms with Gasteiger partial charge in [-0.05, 0) is 41.1 Å². The highest BCUT2D eigenvalue weighted by atomic mass is 79.9. The average Bonchev–Trinajstić information content (AvgIpc) is 2.72. The Morgan fingerprint density at radius 1 is 1.44 bits per heavy atom. The van der Waals surface area contributed by atoms with Crippen LogP contribution in [0.5, 0.6) is 5.75 Å². The zero-order valence-corrected chi connectivity index (χ0v) is 12.0. The van der Waals surface area contributed by atoms with Crippen LogP contribution in [0.1, 0.15) is 22.2 Å². The summed E-state index contributed by atoms with van der Waals surface area (Å²) in [5.74, 6) is -0.421. The minimum Gasteiger partial charge on any atom is -0.488 e. The molecule has 0 bridgehead atoms. The number of halogens is 2. The molecule has 1 aromatic carbocycles. The van der Waals surface area contributed by atoms with Gasteiger partial charge in [-0.3, -0.25) is 4.79 Å². The Labute approximate surface area is 117 Å². The van der Waals surface area contributed by atoms with E-state index in [0.717, 1.165) is 9.35 Å². The molecule has 0 aliphatic heterocycles. The molecule has 0 aliphatic rings. The Balaban J connectivity index is 2.06. The summed E-state index contributed by atoms with van der Waals surface area (Å²) in [6.07, 6.45) is 0. The van der Waals surface area contributed by atoms with Gasteiger partial charge in [-0.15, -0.1) is 11.3 Å². The Bertz CT molecular complexity index is 580. The molecule has 0 unspecified atom stereocenters. The van der Waals surface area contributed by atoms with E-state index in [1.165, 1.54) is 19.1 Å². The lowest BCUT2D eigenvalue weighted by molar-refractivity contribution is 0.101. The molecule has 0 fully saturated rings. The number of hydrogen-bond acceptors (Lipinski definition) is 3.